The average molecular weight is 467 g/mol. The Hall–Kier alpha value is -2.91. The number of nitrogens with zero attached hydrogens (tertiary/aromatic N) is 1. The summed E-state index contributed by atoms with van der Waals surface area (Å²) in [6.07, 6.45) is 7.96. The molecule has 0 radical (unpaired) electrons. The summed E-state index contributed by atoms with van der Waals surface area (Å²) >= 11 is 0. The van der Waals surface area contributed by atoms with E-state index in [1.165, 1.54) is 46.1 Å². The van der Waals surface area contributed by atoms with E-state index in [4.69, 9.17) is 0 Å². The van der Waals surface area contributed by atoms with Crippen molar-refractivity contribution in [3.63, 3.8) is 0 Å². The van der Waals surface area contributed by atoms with Crippen molar-refractivity contribution in [1.29, 1.82) is 0 Å². The van der Waals surface area contributed by atoms with Crippen LogP contribution >= 0.6 is 0 Å². The average Bonchev–Trinajstić information content (AvgIpc) is 3.27. The molecule has 0 aliphatic heterocycles. The second-order valence-electron chi connectivity index (χ2n) is 11.1. The number of aromatic amines is 1. The molecule has 4 aromatic rings. The molecule has 3 aromatic carbocycles. The van der Waals surface area contributed by atoms with E-state index in [1.54, 1.807) is 12.1 Å². The van der Waals surface area contributed by atoms with Gasteiger partial charge in [0.2, 0.25) is 0 Å². The van der Waals surface area contributed by atoms with Crippen LogP contribution in [0.15, 0.2) is 78.9 Å². The molecule has 2 aliphatic rings. The zero-order chi connectivity index (χ0) is 24.0. The van der Waals surface area contributed by atoms with Gasteiger partial charge in [0.15, 0.2) is 0 Å². The maximum atomic E-state index is 13.8. The maximum Gasteiger partial charge on any atom is 0.123 e. The number of aryl methyl sites for hydroxylation is 1. The third kappa shape index (κ3) is 3.63. The van der Waals surface area contributed by atoms with Crippen molar-refractivity contribution >= 4 is 10.9 Å². The second-order valence-corrected chi connectivity index (χ2v) is 11.1. The molecule has 0 bridgehead atoms. The molecule has 0 saturated heterocycles. The number of halogens is 1. The predicted octanol–water partition coefficient (Wildman–Crippen LogP) is 7.38. The van der Waals surface area contributed by atoms with E-state index in [0.717, 1.165) is 32.1 Å². The highest BCUT2D eigenvalue weighted by atomic mass is 19.1. The fourth-order valence-corrected chi connectivity index (χ4v) is 7.44. The Bertz CT molecular complexity index is 1320. The first-order chi connectivity index (χ1) is 17.0. The third-order valence-corrected chi connectivity index (χ3v) is 9.27. The molecule has 0 amide bonds. The van der Waals surface area contributed by atoms with Crippen LogP contribution in [0.2, 0.25) is 0 Å². The van der Waals surface area contributed by atoms with Gasteiger partial charge in [-0.3, -0.25) is 4.90 Å². The minimum absolute atomic E-state index is 0.000826. The molecular formula is C32H35FN2. The molecule has 3 unspecified atom stereocenters. The molecule has 1 fully saturated rings. The Balaban J connectivity index is 1.49. The Morgan fingerprint density at radius 1 is 0.886 bits per heavy atom. The normalized spacial score (nSPS) is 26.3. The smallest absolute Gasteiger partial charge is 0.123 e. The van der Waals surface area contributed by atoms with Gasteiger partial charge < -0.3 is 4.98 Å². The Morgan fingerprint density at radius 3 is 2.40 bits per heavy atom. The van der Waals surface area contributed by atoms with Crippen LogP contribution in [0.3, 0.4) is 0 Å². The number of para-hydroxylation sites is 1. The molecule has 3 atom stereocenters. The summed E-state index contributed by atoms with van der Waals surface area (Å²) in [6.45, 7) is 0. The van der Waals surface area contributed by atoms with Gasteiger partial charge in [0.1, 0.15) is 5.82 Å². The first kappa shape index (κ1) is 22.5. The monoisotopic (exact) mass is 466 g/mol. The Morgan fingerprint density at radius 2 is 1.63 bits per heavy atom. The third-order valence-electron chi connectivity index (χ3n) is 9.27. The van der Waals surface area contributed by atoms with Gasteiger partial charge in [-0.1, -0.05) is 60.7 Å². The number of benzene rings is 3. The van der Waals surface area contributed by atoms with Crippen LogP contribution in [0.4, 0.5) is 4.39 Å². The number of H-pyrrole nitrogens is 1. The van der Waals surface area contributed by atoms with Crippen molar-refractivity contribution in [3.05, 3.63) is 107 Å². The molecular weight excluding hydrogens is 431 g/mol. The van der Waals surface area contributed by atoms with Crippen LogP contribution in [-0.2, 0) is 23.8 Å². The largest absolute Gasteiger partial charge is 0.358 e. The van der Waals surface area contributed by atoms with E-state index in [1.807, 2.05) is 12.1 Å². The van der Waals surface area contributed by atoms with Crippen LogP contribution in [0.25, 0.3) is 10.9 Å². The lowest BCUT2D eigenvalue weighted by Crippen LogP contribution is -2.54. The van der Waals surface area contributed by atoms with E-state index in [0.29, 0.717) is 5.92 Å². The molecule has 180 valence electrons. The predicted molar refractivity (Wildman–Crippen MR) is 142 cm³/mol. The quantitative estimate of drug-likeness (QED) is 0.332. The molecule has 1 aromatic heterocycles. The maximum absolute atomic E-state index is 13.8. The first-order valence-corrected chi connectivity index (χ1v) is 13.1. The summed E-state index contributed by atoms with van der Waals surface area (Å²) in [7, 11) is 4.49. The molecule has 2 aliphatic carbocycles. The summed E-state index contributed by atoms with van der Waals surface area (Å²) in [5.41, 5.74) is 7.06. The molecule has 1 heterocycles. The molecule has 1 spiro atoms. The lowest BCUT2D eigenvalue weighted by molar-refractivity contribution is 0.0125. The summed E-state index contributed by atoms with van der Waals surface area (Å²) in [5.74, 6) is 0.297. The molecule has 6 rings (SSSR count). The van der Waals surface area contributed by atoms with Gasteiger partial charge in [-0.25, -0.2) is 4.39 Å². The second kappa shape index (κ2) is 8.64. The fourth-order valence-electron chi connectivity index (χ4n) is 7.44. The number of rotatable bonds is 4. The van der Waals surface area contributed by atoms with Crippen molar-refractivity contribution in [2.75, 3.05) is 14.1 Å². The summed E-state index contributed by atoms with van der Waals surface area (Å²) in [6, 6.07) is 27.1. The van der Waals surface area contributed by atoms with Gasteiger partial charge in [-0.05, 0) is 99.8 Å². The van der Waals surface area contributed by atoms with E-state index in [-0.39, 0.29) is 16.8 Å². The SMILES string of the molecule is CN(C)C1(c2ccccc2)CCC2(CCCc3c2[nH]c2ccccc32)C(Cc2ccc(F)cc2)C1. The standard InChI is InChI=1S/C32H35FN2/c1-35(2)32(24-9-4-3-5-10-24)20-19-31(25(22-32)21-23-14-16-26(33)17-15-23)18-8-12-28-27-11-6-7-13-29(27)34-30(28)31/h3-7,9-11,13-17,25,34H,8,12,18-22H2,1-2H3. The van der Waals surface area contributed by atoms with Gasteiger partial charge in [0.05, 0.1) is 0 Å². The number of fused-ring (bicyclic) bond motifs is 4. The summed E-state index contributed by atoms with van der Waals surface area (Å²) in [4.78, 5) is 6.38. The van der Waals surface area contributed by atoms with Gasteiger partial charge in [-0.15, -0.1) is 0 Å². The molecule has 35 heavy (non-hydrogen) atoms. The van der Waals surface area contributed by atoms with Crippen molar-refractivity contribution in [2.24, 2.45) is 5.92 Å². The lowest BCUT2D eigenvalue weighted by Gasteiger charge is -2.55. The number of nitrogens with one attached hydrogen (secondary N) is 1. The van der Waals surface area contributed by atoms with Crippen molar-refractivity contribution in [2.45, 2.75) is 55.9 Å². The van der Waals surface area contributed by atoms with E-state index in [9.17, 15) is 4.39 Å². The van der Waals surface area contributed by atoms with Crippen LogP contribution < -0.4 is 0 Å². The topological polar surface area (TPSA) is 19.0 Å². The number of aromatic nitrogens is 1. The highest BCUT2D eigenvalue weighted by molar-refractivity contribution is 5.85. The fraction of sp³-hybridized carbons (Fsp3) is 0.375. The van der Waals surface area contributed by atoms with E-state index >= 15 is 0 Å². The first-order valence-electron chi connectivity index (χ1n) is 13.1. The zero-order valence-electron chi connectivity index (χ0n) is 20.9. The summed E-state index contributed by atoms with van der Waals surface area (Å²) < 4.78 is 13.8. The highest BCUT2D eigenvalue weighted by Crippen LogP contribution is 2.57. The lowest BCUT2D eigenvalue weighted by atomic mass is 9.53. The van der Waals surface area contributed by atoms with Crippen LogP contribution in [-0.4, -0.2) is 24.0 Å². The van der Waals surface area contributed by atoms with Gasteiger partial charge in [0, 0.05) is 27.6 Å². The minimum atomic E-state index is -0.158. The van der Waals surface area contributed by atoms with Crippen LogP contribution in [0.1, 0.15) is 54.5 Å². The van der Waals surface area contributed by atoms with Crippen molar-refractivity contribution in [3.8, 4) is 0 Å². The summed E-state index contributed by atoms with van der Waals surface area (Å²) in [5, 5.41) is 1.40. The zero-order valence-corrected chi connectivity index (χ0v) is 20.9. The van der Waals surface area contributed by atoms with E-state index < -0.39 is 0 Å². The number of hydrogen-bond acceptors (Lipinski definition) is 1. The van der Waals surface area contributed by atoms with Crippen LogP contribution in [0, 0.1) is 11.7 Å². The van der Waals surface area contributed by atoms with Gasteiger partial charge in [0.25, 0.3) is 0 Å². The minimum Gasteiger partial charge on any atom is -0.358 e. The van der Waals surface area contributed by atoms with Gasteiger partial charge >= 0.3 is 0 Å². The van der Waals surface area contributed by atoms with Crippen molar-refractivity contribution in [1.82, 2.24) is 9.88 Å². The number of hydrogen-bond donors (Lipinski definition) is 1. The highest BCUT2D eigenvalue weighted by Gasteiger charge is 2.53. The molecule has 3 heteroatoms. The van der Waals surface area contributed by atoms with Gasteiger partial charge in [-0.2, -0.15) is 0 Å². The molecule has 1 saturated carbocycles. The molecule has 1 N–H and O–H groups in total. The van der Waals surface area contributed by atoms with E-state index in [2.05, 4.69) is 78.6 Å². The van der Waals surface area contributed by atoms with Crippen LogP contribution in [0.5, 0.6) is 0 Å². The molecule has 2 nitrogen and oxygen atoms in total. The Kier molecular flexibility index (Phi) is 5.56. The van der Waals surface area contributed by atoms with Crippen molar-refractivity contribution < 1.29 is 4.39 Å². The Labute approximate surface area is 208 Å².